The van der Waals surface area contributed by atoms with Crippen LogP contribution in [-0.4, -0.2) is 51.4 Å². The summed E-state index contributed by atoms with van der Waals surface area (Å²) in [6.07, 6.45) is 6.93. The van der Waals surface area contributed by atoms with Crippen LogP contribution in [-0.2, 0) is 10.2 Å². The van der Waals surface area contributed by atoms with Crippen molar-refractivity contribution in [3.63, 3.8) is 0 Å². The van der Waals surface area contributed by atoms with Crippen LogP contribution in [0.3, 0.4) is 0 Å². The van der Waals surface area contributed by atoms with Crippen LogP contribution in [0, 0.1) is 0 Å². The molecule has 0 radical (unpaired) electrons. The lowest BCUT2D eigenvalue weighted by Crippen LogP contribution is -2.46. The smallest absolute Gasteiger partial charge is 0.279 e. The lowest BCUT2D eigenvalue weighted by Gasteiger charge is -2.31. The first-order valence-electron chi connectivity index (χ1n) is 7.84. The molecule has 0 aliphatic heterocycles. The zero-order valence-electron chi connectivity index (χ0n) is 13.7. The summed E-state index contributed by atoms with van der Waals surface area (Å²) in [6.45, 7) is 0.292. The first-order valence-corrected chi connectivity index (χ1v) is 9.28. The number of furan rings is 1. The van der Waals surface area contributed by atoms with Crippen molar-refractivity contribution in [3.8, 4) is 0 Å². The van der Waals surface area contributed by atoms with Crippen LogP contribution in [0.2, 0.25) is 0 Å². The van der Waals surface area contributed by atoms with E-state index in [-0.39, 0.29) is 12.1 Å². The minimum absolute atomic E-state index is 0.118. The van der Waals surface area contributed by atoms with Gasteiger partial charge in [-0.3, -0.25) is 4.90 Å². The Balaban J connectivity index is 1.98. The van der Waals surface area contributed by atoms with Crippen LogP contribution < -0.4 is 4.72 Å². The molecule has 1 N–H and O–H groups in total. The van der Waals surface area contributed by atoms with E-state index < -0.39 is 10.2 Å². The van der Waals surface area contributed by atoms with Gasteiger partial charge in [0.25, 0.3) is 10.2 Å². The number of nitrogens with one attached hydrogen (secondary N) is 1. The Morgan fingerprint density at radius 2 is 1.95 bits per heavy atom. The van der Waals surface area contributed by atoms with Gasteiger partial charge < -0.3 is 4.42 Å². The van der Waals surface area contributed by atoms with E-state index in [9.17, 15) is 8.42 Å². The molecule has 1 aromatic rings. The van der Waals surface area contributed by atoms with Gasteiger partial charge in [-0.25, -0.2) is 4.72 Å². The third kappa shape index (κ3) is 4.32. The molecule has 0 saturated heterocycles. The van der Waals surface area contributed by atoms with Crippen LogP contribution in [0.4, 0.5) is 0 Å². The molecule has 1 aliphatic carbocycles. The molecule has 0 spiro atoms. The SMILES string of the molecule is CN(C)C(CNS(=O)(=O)N(C)C1CCCCC1)c1ccco1. The Kier molecular flexibility index (Phi) is 6.02. The van der Waals surface area contributed by atoms with Gasteiger partial charge in [0.05, 0.1) is 12.3 Å². The molecule has 7 heteroatoms. The largest absolute Gasteiger partial charge is 0.468 e. The molecule has 0 bridgehead atoms. The van der Waals surface area contributed by atoms with E-state index in [0.29, 0.717) is 6.54 Å². The minimum Gasteiger partial charge on any atom is -0.468 e. The molecule has 1 heterocycles. The second-order valence-electron chi connectivity index (χ2n) is 6.16. The summed E-state index contributed by atoms with van der Waals surface area (Å²) in [4.78, 5) is 1.95. The Labute approximate surface area is 133 Å². The Hall–Kier alpha value is -0.890. The molecule has 6 nitrogen and oxygen atoms in total. The van der Waals surface area contributed by atoms with E-state index >= 15 is 0 Å². The fraction of sp³-hybridized carbons (Fsp3) is 0.733. The summed E-state index contributed by atoms with van der Waals surface area (Å²) in [7, 11) is 2.03. The van der Waals surface area contributed by atoms with Gasteiger partial charge in [0, 0.05) is 19.6 Å². The first kappa shape index (κ1) is 17.5. The molecule has 2 rings (SSSR count). The molecule has 126 valence electrons. The number of hydrogen-bond acceptors (Lipinski definition) is 4. The molecular formula is C15H27N3O3S. The summed E-state index contributed by atoms with van der Waals surface area (Å²) in [5.41, 5.74) is 0. The van der Waals surface area contributed by atoms with Gasteiger partial charge in [-0.1, -0.05) is 19.3 Å². The number of rotatable bonds is 7. The third-order valence-electron chi connectivity index (χ3n) is 4.42. The monoisotopic (exact) mass is 329 g/mol. The van der Waals surface area contributed by atoms with Gasteiger partial charge in [0.2, 0.25) is 0 Å². The minimum atomic E-state index is -3.46. The van der Waals surface area contributed by atoms with Crippen molar-refractivity contribution in [2.75, 3.05) is 27.7 Å². The average molecular weight is 329 g/mol. The Bertz CT molecular complexity index is 536. The van der Waals surface area contributed by atoms with Crippen molar-refractivity contribution in [1.82, 2.24) is 13.9 Å². The third-order valence-corrected chi connectivity index (χ3v) is 6.01. The van der Waals surface area contributed by atoms with Crippen molar-refractivity contribution >= 4 is 10.2 Å². The molecule has 1 saturated carbocycles. The molecule has 1 unspecified atom stereocenters. The lowest BCUT2D eigenvalue weighted by atomic mass is 9.96. The quantitative estimate of drug-likeness (QED) is 0.831. The second-order valence-corrected chi connectivity index (χ2v) is 7.97. The van der Waals surface area contributed by atoms with E-state index in [1.165, 1.54) is 10.7 Å². The fourth-order valence-electron chi connectivity index (χ4n) is 2.95. The van der Waals surface area contributed by atoms with E-state index in [0.717, 1.165) is 31.4 Å². The fourth-order valence-corrected chi connectivity index (χ4v) is 4.12. The standard InChI is InChI=1S/C15H27N3O3S/c1-17(2)14(15-10-7-11-21-15)12-16-22(19,20)18(3)13-8-5-4-6-9-13/h7,10-11,13-14,16H,4-6,8-9,12H2,1-3H3. The molecule has 0 aromatic carbocycles. The highest BCUT2D eigenvalue weighted by Crippen LogP contribution is 2.23. The molecule has 22 heavy (non-hydrogen) atoms. The summed E-state index contributed by atoms with van der Waals surface area (Å²) < 4.78 is 34.6. The maximum Gasteiger partial charge on any atom is 0.279 e. The number of likely N-dealkylation sites (N-methyl/N-ethyl adjacent to an activating group) is 1. The van der Waals surface area contributed by atoms with Crippen LogP contribution >= 0.6 is 0 Å². The predicted molar refractivity (Wildman–Crippen MR) is 86.7 cm³/mol. The molecular weight excluding hydrogens is 302 g/mol. The van der Waals surface area contributed by atoms with E-state index in [1.807, 2.05) is 31.1 Å². The zero-order chi connectivity index (χ0) is 16.2. The maximum atomic E-state index is 12.5. The Morgan fingerprint density at radius 3 is 2.50 bits per heavy atom. The zero-order valence-corrected chi connectivity index (χ0v) is 14.5. The highest BCUT2D eigenvalue weighted by molar-refractivity contribution is 7.87. The number of nitrogens with zero attached hydrogens (tertiary/aromatic N) is 2. The first-order chi connectivity index (χ1) is 10.4. The van der Waals surface area contributed by atoms with E-state index in [2.05, 4.69) is 4.72 Å². The summed E-state index contributed by atoms with van der Waals surface area (Å²) >= 11 is 0. The van der Waals surface area contributed by atoms with Crippen molar-refractivity contribution in [2.24, 2.45) is 0 Å². The highest BCUT2D eigenvalue weighted by Gasteiger charge is 2.28. The normalized spacial score (nSPS) is 19.0. The van der Waals surface area contributed by atoms with Gasteiger partial charge in [0.1, 0.15) is 5.76 Å². The van der Waals surface area contributed by atoms with Gasteiger partial charge in [-0.05, 0) is 39.1 Å². The molecule has 0 amide bonds. The van der Waals surface area contributed by atoms with E-state index in [1.54, 1.807) is 13.3 Å². The van der Waals surface area contributed by atoms with Crippen LogP contribution in [0.15, 0.2) is 22.8 Å². The summed E-state index contributed by atoms with van der Waals surface area (Å²) in [5.74, 6) is 0.757. The van der Waals surface area contributed by atoms with Crippen molar-refractivity contribution in [3.05, 3.63) is 24.2 Å². The van der Waals surface area contributed by atoms with Gasteiger partial charge in [-0.2, -0.15) is 12.7 Å². The number of hydrogen-bond donors (Lipinski definition) is 1. The second kappa shape index (κ2) is 7.59. The topological polar surface area (TPSA) is 65.8 Å². The predicted octanol–water partition coefficient (Wildman–Crippen LogP) is 1.98. The average Bonchev–Trinajstić information content (AvgIpc) is 3.01. The Morgan fingerprint density at radius 1 is 1.27 bits per heavy atom. The maximum absolute atomic E-state index is 12.5. The lowest BCUT2D eigenvalue weighted by molar-refractivity contribution is 0.253. The summed E-state index contributed by atoms with van der Waals surface area (Å²) in [5, 5.41) is 0. The van der Waals surface area contributed by atoms with Crippen molar-refractivity contribution in [2.45, 2.75) is 44.2 Å². The van der Waals surface area contributed by atoms with Crippen LogP contribution in [0.1, 0.15) is 43.9 Å². The van der Waals surface area contributed by atoms with Crippen molar-refractivity contribution in [1.29, 1.82) is 0 Å². The molecule has 1 aromatic heterocycles. The van der Waals surface area contributed by atoms with E-state index in [4.69, 9.17) is 4.42 Å². The van der Waals surface area contributed by atoms with Crippen LogP contribution in [0.5, 0.6) is 0 Å². The molecule has 1 aliphatic rings. The van der Waals surface area contributed by atoms with Crippen LogP contribution in [0.25, 0.3) is 0 Å². The molecule has 1 fully saturated rings. The molecule has 1 atom stereocenters. The van der Waals surface area contributed by atoms with Gasteiger partial charge >= 0.3 is 0 Å². The summed E-state index contributed by atoms with van der Waals surface area (Å²) in [6, 6.07) is 3.68. The van der Waals surface area contributed by atoms with Crippen molar-refractivity contribution < 1.29 is 12.8 Å². The highest BCUT2D eigenvalue weighted by atomic mass is 32.2. The van der Waals surface area contributed by atoms with Gasteiger partial charge in [0.15, 0.2) is 0 Å². The van der Waals surface area contributed by atoms with Gasteiger partial charge in [-0.15, -0.1) is 0 Å².